The third-order valence-corrected chi connectivity index (χ3v) is 2.78. The summed E-state index contributed by atoms with van der Waals surface area (Å²) in [6, 6.07) is 6.24. The van der Waals surface area contributed by atoms with Crippen molar-refractivity contribution in [1.82, 2.24) is 15.0 Å². The molecule has 0 unspecified atom stereocenters. The Morgan fingerprint density at radius 2 is 2.05 bits per heavy atom. The summed E-state index contributed by atoms with van der Waals surface area (Å²) in [6.45, 7) is 5.11. The van der Waals surface area contributed by atoms with Gasteiger partial charge in [-0.25, -0.2) is 4.39 Å². The highest BCUT2D eigenvalue weighted by atomic mass is 35.5. The fourth-order valence-electron chi connectivity index (χ4n) is 1.78. The number of benzene rings is 1. The molecule has 20 heavy (non-hydrogen) atoms. The van der Waals surface area contributed by atoms with E-state index in [1.807, 2.05) is 13.8 Å². The minimum atomic E-state index is -0.312. The summed E-state index contributed by atoms with van der Waals surface area (Å²) < 4.78 is 13.3. The van der Waals surface area contributed by atoms with E-state index in [0.29, 0.717) is 30.7 Å². The third kappa shape index (κ3) is 3.33. The molecule has 5 nitrogen and oxygen atoms in total. The Hall–Kier alpha value is -1.95. The first-order valence-electron chi connectivity index (χ1n) is 6.32. The maximum atomic E-state index is 13.3. The van der Waals surface area contributed by atoms with Gasteiger partial charge >= 0.3 is 0 Å². The van der Waals surface area contributed by atoms with Crippen molar-refractivity contribution in [3.05, 3.63) is 35.4 Å². The van der Waals surface area contributed by atoms with E-state index < -0.39 is 0 Å². The van der Waals surface area contributed by atoms with Crippen molar-refractivity contribution >= 4 is 29.2 Å². The normalized spacial score (nSPS) is 10.4. The molecule has 0 fully saturated rings. The number of halogens is 2. The molecule has 0 spiro atoms. The van der Waals surface area contributed by atoms with Crippen molar-refractivity contribution < 1.29 is 4.39 Å². The Kier molecular flexibility index (Phi) is 4.68. The van der Waals surface area contributed by atoms with Crippen LogP contribution >= 0.6 is 11.6 Å². The Labute approximate surface area is 121 Å². The molecule has 1 heterocycles. The van der Waals surface area contributed by atoms with Gasteiger partial charge in [-0.2, -0.15) is 15.0 Å². The van der Waals surface area contributed by atoms with Crippen LogP contribution in [0.25, 0.3) is 0 Å². The molecule has 0 aliphatic heterocycles. The van der Waals surface area contributed by atoms with Gasteiger partial charge in [0.15, 0.2) is 0 Å². The zero-order valence-corrected chi connectivity index (χ0v) is 12.0. The van der Waals surface area contributed by atoms with E-state index in [2.05, 4.69) is 20.3 Å². The Bertz CT molecular complexity index is 593. The summed E-state index contributed by atoms with van der Waals surface area (Å²) >= 11 is 5.90. The van der Waals surface area contributed by atoms with E-state index in [1.165, 1.54) is 12.1 Å². The highest BCUT2D eigenvalue weighted by molar-refractivity contribution is 6.28. The summed E-state index contributed by atoms with van der Waals surface area (Å²) in [7, 11) is 0. The minimum Gasteiger partial charge on any atom is -0.354 e. The Morgan fingerprint density at radius 1 is 1.25 bits per heavy atom. The molecule has 0 saturated carbocycles. The van der Waals surface area contributed by atoms with Crippen molar-refractivity contribution in [3.8, 4) is 0 Å². The molecule has 1 aromatic carbocycles. The molecule has 0 radical (unpaired) electrons. The van der Waals surface area contributed by atoms with E-state index in [0.717, 1.165) is 0 Å². The standard InChI is InChI=1S/C13H15ClFN5/c1-3-16-12-17-11(14)18-13(19-12)20(4-2)10-7-5-6-9(15)8-10/h5-8H,3-4H2,1-2H3,(H,16,17,18,19). The topological polar surface area (TPSA) is 53.9 Å². The maximum Gasteiger partial charge on any atom is 0.236 e. The largest absolute Gasteiger partial charge is 0.354 e. The van der Waals surface area contributed by atoms with Gasteiger partial charge in [0.1, 0.15) is 5.82 Å². The number of anilines is 3. The van der Waals surface area contributed by atoms with Crippen molar-refractivity contribution in [2.45, 2.75) is 13.8 Å². The molecule has 1 aromatic heterocycles. The van der Waals surface area contributed by atoms with Gasteiger partial charge in [0.2, 0.25) is 17.2 Å². The van der Waals surface area contributed by atoms with Gasteiger partial charge in [-0.15, -0.1) is 0 Å². The van der Waals surface area contributed by atoms with Gasteiger partial charge in [-0.3, -0.25) is 0 Å². The van der Waals surface area contributed by atoms with Crippen molar-refractivity contribution in [3.63, 3.8) is 0 Å². The maximum absolute atomic E-state index is 13.3. The quantitative estimate of drug-likeness (QED) is 0.917. The summed E-state index contributed by atoms with van der Waals surface area (Å²) in [4.78, 5) is 14.1. The number of rotatable bonds is 5. The molecule has 0 bridgehead atoms. The summed E-state index contributed by atoms with van der Waals surface area (Å²) in [5.41, 5.74) is 0.664. The molecule has 0 aliphatic carbocycles. The first kappa shape index (κ1) is 14.5. The zero-order valence-electron chi connectivity index (χ0n) is 11.3. The predicted octanol–water partition coefficient (Wildman–Crippen LogP) is 3.25. The number of hydrogen-bond acceptors (Lipinski definition) is 5. The molecule has 2 rings (SSSR count). The zero-order chi connectivity index (χ0) is 14.5. The first-order chi connectivity index (χ1) is 9.63. The molecule has 0 saturated heterocycles. The lowest BCUT2D eigenvalue weighted by Gasteiger charge is -2.21. The number of nitrogens with zero attached hydrogens (tertiary/aromatic N) is 4. The predicted molar refractivity (Wildman–Crippen MR) is 78.1 cm³/mol. The van der Waals surface area contributed by atoms with E-state index in [4.69, 9.17) is 11.6 Å². The highest BCUT2D eigenvalue weighted by Gasteiger charge is 2.13. The van der Waals surface area contributed by atoms with Crippen molar-refractivity contribution in [2.24, 2.45) is 0 Å². The second-order valence-corrected chi connectivity index (χ2v) is 4.32. The smallest absolute Gasteiger partial charge is 0.236 e. The molecular formula is C13H15ClFN5. The van der Waals surface area contributed by atoms with E-state index >= 15 is 0 Å². The lowest BCUT2D eigenvalue weighted by atomic mass is 10.3. The van der Waals surface area contributed by atoms with Crippen LogP contribution in [0.4, 0.5) is 22.0 Å². The first-order valence-corrected chi connectivity index (χ1v) is 6.70. The minimum absolute atomic E-state index is 0.0980. The SMILES string of the molecule is CCNc1nc(Cl)nc(N(CC)c2cccc(F)c2)n1. The van der Waals surface area contributed by atoms with E-state index in [1.54, 1.807) is 17.0 Å². The van der Waals surface area contributed by atoms with Gasteiger partial charge in [0.25, 0.3) is 0 Å². The number of hydrogen-bond donors (Lipinski definition) is 1. The molecule has 2 aromatic rings. The summed E-state index contributed by atoms with van der Waals surface area (Å²) in [5, 5.41) is 3.08. The fourth-order valence-corrected chi connectivity index (χ4v) is 1.94. The van der Waals surface area contributed by atoms with Crippen LogP contribution in [0.2, 0.25) is 5.28 Å². The molecular weight excluding hydrogens is 281 g/mol. The number of aromatic nitrogens is 3. The monoisotopic (exact) mass is 295 g/mol. The molecule has 106 valence electrons. The van der Waals surface area contributed by atoms with Crippen molar-refractivity contribution in [2.75, 3.05) is 23.3 Å². The third-order valence-electron chi connectivity index (χ3n) is 2.61. The summed E-state index contributed by atoms with van der Waals surface area (Å²) in [5.74, 6) is 0.472. The highest BCUT2D eigenvalue weighted by Crippen LogP contribution is 2.24. The lowest BCUT2D eigenvalue weighted by Crippen LogP contribution is -2.20. The van der Waals surface area contributed by atoms with Gasteiger partial charge < -0.3 is 10.2 Å². The van der Waals surface area contributed by atoms with Crippen LogP contribution in [0.3, 0.4) is 0 Å². The van der Waals surface area contributed by atoms with Gasteiger partial charge in [-0.1, -0.05) is 6.07 Å². The molecule has 7 heteroatoms. The van der Waals surface area contributed by atoms with E-state index in [9.17, 15) is 4.39 Å². The Morgan fingerprint density at radius 3 is 2.70 bits per heavy atom. The average Bonchev–Trinajstić information content (AvgIpc) is 2.39. The van der Waals surface area contributed by atoms with Gasteiger partial charge in [0, 0.05) is 18.8 Å². The molecule has 0 atom stereocenters. The second kappa shape index (κ2) is 6.47. The Balaban J connectivity index is 2.41. The van der Waals surface area contributed by atoms with Crippen LogP contribution in [0, 0.1) is 5.82 Å². The van der Waals surface area contributed by atoms with Gasteiger partial charge in [0.05, 0.1) is 0 Å². The van der Waals surface area contributed by atoms with Gasteiger partial charge in [-0.05, 0) is 43.6 Å². The van der Waals surface area contributed by atoms with Crippen LogP contribution in [0.1, 0.15) is 13.8 Å². The number of nitrogens with one attached hydrogen (secondary N) is 1. The van der Waals surface area contributed by atoms with Crippen LogP contribution in [0.5, 0.6) is 0 Å². The lowest BCUT2D eigenvalue weighted by molar-refractivity contribution is 0.627. The molecule has 1 N–H and O–H groups in total. The molecule has 0 aliphatic rings. The van der Waals surface area contributed by atoms with Crippen LogP contribution < -0.4 is 10.2 Å². The van der Waals surface area contributed by atoms with Crippen LogP contribution in [0.15, 0.2) is 24.3 Å². The van der Waals surface area contributed by atoms with Crippen LogP contribution in [-0.2, 0) is 0 Å². The summed E-state index contributed by atoms with van der Waals surface area (Å²) in [6.07, 6.45) is 0. The average molecular weight is 296 g/mol. The molecule has 0 amide bonds. The van der Waals surface area contributed by atoms with Crippen molar-refractivity contribution in [1.29, 1.82) is 0 Å². The van der Waals surface area contributed by atoms with Crippen LogP contribution in [-0.4, -0.2) is 28.0 Å². The second-order valence-electron chi connectivity index (χ2n) is 3.98. The fraction of sp³-hybridized carbons (Fsp3) is 0.308. The van der Waals surface area contributed by atoms with E-state index in [-0.39, 0.29) is 11.1 Å².